The third kappa shape index (κ3) is 5.93. The highest BCUT2D eigenvalue weighted by molar-refractivity contribution is 6.12. The summed E-state index contributed by atoms with van der Waals surface area (Å²) in [6, 6.07) is 38.7. The first kappa shape index (κ1) is 36.6. The van der Waals surface area contributed by atoms with Gasteiger partial charge in [0, 0.05) is 38.2 Å². The van der Waals surface area contributed by atoms with Gasteiger partial charge in [-0.25, -0.2) is 29.9 Å². The fraction of sp³-hybridized carbons (Fsp3) is 0.104. The number of fused-ring (bicyclic) bond motifs is 6. The van der Waals surface area contributed by atoms with Crippen molar-refractivity contribution >= 4 is 43.6 Å². The fourth-order valence-corrected chi connectivity index (χ4v) is 8.45. The zero-order valence-corrected chi connectivity index (χ0v) is 32.7. The van der Waals surface area contributed by atoms with E-state index in [1.165, 1.54) is 12.1 Å². The van der Waals surface area contributed by atoms with E-state index in [0.717, 1.165) is 49.7 Å². The largest absolute Gasteiger partial charge is 0.417 e. The Hall–Kier alpha value is -7.78. The number of halogens is 3. The Bertz CT molecular complexity index is 3410. The normalized spacial score (nSPS) is 11.9. The molecular weight excluding hydrogens is 760 g/mol. The van der Waals surface area contributed by atoms with Crippen LogP contribution in [-0.4, -0.2) is 39.0 Å². The van der Waals surface area contributed by atoms with Crippen LogP contribution in [0.5, 0.6) is 0 Å². The van der Waals surface area contributed by atoms with E-state index in [-0.39, 0.29) is 16.7 Å². The van der Waals surface area contributed by atoms with Gasteiger partial charge in [-0.1, -0.05) is 78.9 Å². The first-order valence-corrected chi connectivity index (χ1v) is 19.2. The first-order valence-electron chi connectivity index (χ1n) is 19.2. The molecule has 0 bridgehead atoms. The molecule has 290 valence electrons. The SMILES string of the molecule is Cc1nc(C)nc(-c2ccc3c4ccccc4n(-c4cc(-c5ccccc5C(F)(F)F)c(-n5c6ccccc6c6ccc(-c7nc(C)nc(C)n7)cc65)cc4C#N)c3c2)n1. The molecule has 0 saturated carbocycles. The lowest BCUT2D eigenvalue weighted by molar-refractivity contribution is -0.137. The summed E-state index contributed by atoms with van der Waals surface area (Å²) in [4.78, 5) is 27.1. The number of rotatable bonds is 5. The Morgan fingerprint density at radius 1 is 0.467 bits per heavy atom. The average molecular weight is 792 g/mol. The van der Waals surface area contributed by atoms with Gasteiger partial charge in [-0.3, -0.25) is 0 Å². The van der Waals surface area contributed by atoms with Crippen LogP contribution in [-0.2, 0) is 6.18 Å². The summed E-state index contributed by atoms with van der Waals surface area (Å²) in [7, 11) is 0. The molecule has 10 aromatic rings. The Balaban J connectivity index is 1.33. The molecule has 10 rings (SSSR count). The molecule has 0 spiro atoms. The summed E-state index contributed by atoms with van der Waals surface area (Å²) in [5, 5.41) is 14.6. The number of alkyl halides is 3. The van der Waals surface area contributed by atoms with E-state index in [9.17, 15) is 5.26 Å². The zero-order chi connectivity index (χ0) is 41.4. The highest BCUT2D eigenvalue weighted by Gasteiger charge is 2.35. The van der Waals surface area contributed by atoms with E-state index in [1.54, 1.807) is 32.0 Å². The minimum Gasteiger partial charge on any atom is -0.309 e. The van der Waals surface area contributed by atoms with Crippen LogP contribution in [0.3, 0.4) is 0 Å². The van der Waals surface area contributed by atoms with Gasteiger partial charge in [0.1, 0.15) is 29.4 Å². The number of para-hydroxylation sites is 2. The van der Waals surface area contributed by atoms with Crippen molar-refractivity contribution in [2.75, 3.05) is 0 Å². The van der Waals surface area contributed by atoms with E-state index in [4.69, 9.17) is 0 Å². The molecule has 0 atom stereocenters. The predicted octanol–water partition coefficient (Wildman–Crippen LogP) is 11.4. The van der Waals surface area contributed by atoms with Gasteiger partial charge in [0.2, 0.25) is 0 Å². The van der Waals surface area contributed by atoms with Crippen LogP contribution in [0.2, 0.25) is 0 Å². The van der Waals surface area contributed by atoms with Crippen molar-refractivity contribution in [2.24, 2.45) is 0 Å². The quantitative estimate of drug-likeness (QED) is 0.171. The van der Waals surface area contributed by atoms with Crippen LogP contribution in [0.4, 0.5) is 13.2 Å². The Labute approximate surface area is 341 Å². The minimum absolute atomic E-state index is 0.0332. The third-order valence-electron chi connectivity index (χ3n) is 10.8. The minimum atomic E-state index is -4.69. The highest BCUT2D eigenvalue weighted by atomic mass is 19.4. The van der Waals surface area contributed by atoms with Gasteiger partial charge < -0.3 is 9.13 Å². The Morgan fingerprint density at radius 2 is 0.917 bits per heavy atom. The number of aromatic nitrogens is 8. The lowest BCUT2D eigenvalue weighted by Gasteiger charge is -2.21. The van der Waals surface area contributed by atoms with Gasteiger partial charge in [0.15, 0.2) is 11.6 Å². The van der Waals surface area contributed by atoms with Crippen molar-refractivity contribution in [3.8, 4) is 51.3 Å². The molecule has 4 heterocycles. The van der Waals surface area contributed by atoms with Gasteiger partial charge in [-0.15, -0.1) is 0 Å². The standard InChI is InChI=1S/C48H32F3N9/c1-26-53-27(2)56-46(55-26)30-17-19-36-34-12-6-9-15-40(34)59(43(36)21-30)42-24-38(33-11-5-8-14-39(33)48(49,50)51)45(23-32(42)25-52)60-41-16-10-7-13-35(41)37-20-18-31(22-44(37)60)47-57-28(3)54-29(4)58-47/h5-24H,1-4H3. The summed E-state index contributed by atoms with van der Waals surface area (Å²) in [5.41, 5.74) is 4.90. The second kappa shape index (κ2) is 13.7. The Morgan fingerprint density at radius 3 is 1.42 bits per heavy atom. The molecule has 0 radical (unpaired) electrons. The van der Waals surface area contributed by atoms with Crippen LogP contribution in [0.25, 0.3) is 88.9 Å². The fourth-order valence-electron chi connectivity index (χ4n) is 8.45. The molecule has 4 aromatic heterocycles. The van der Waals surface area contributed by atoms with Crippen molar-refractivity contribution in [3.63, 3.8) is 0 Å². The highest BCUT2D eigenvalue weighted by Crippen LogP contribution is 2.45. The number of hydrogen-bond acceptors (Lipinski definition) is 7. The molecule has 0 amide bonds. The van der Waals surface area contributed by atoms with Crippen molar-refractivity contribution in [1.82, 2.24) is 39.0 Å². The predicted molar refractivity (Wildman–Crippen MR) is 227 cm³/mol. The molecule has 0 N–H and O–H groups in total. The van der Waals surface area contributed by atoms with E-state index in [1.807, 2.05) is 108 Å². The number of hydrogen-bond donors (Lipinski definition) is 0. The zero-order valence-electron chi connectivity index (χ0n) is 32.7. The van der Waals surface area contributed by atoms with Gasteiger partial charge in [0.25, 0.3) is 0 Å². The topological polar surface area (TPSA) is 111 Å². The lowest BCUT2D eigenvalue weighted by Crippen LogP contribution is -2.09. The van der Waals surface area contributed by atoms with Gasteiger partial charge in [-0.05, 0) is 75.7 Å². The summed E-state index contributed by atoms with van der Waals surface area (Å²) in [5.74, 6) is 3.24. The summed E-state index contributed by atoms with van der Waals surface area (Å²) in [6.07, 6.45) is -4.69. The second-order valence-electron chi connectivity index (χ2n) is 14.7. The van der Waals surface area contributed by atoms with Crippen molar-refractivity contribution in [1.29, 1.82) is 5.26 Å². The van der Waals surface area contributed by atoms with Crippen LogP contribution < -0.4 is 0 Å². The molecular formula is C48H32F3N9. The maximum atomic E-state index is 15.1. The third-order valence-corrected chi connectivity index (χ3v) is 10.8. The number of aryl methyl sites for hydroxylation is 4. The molecule has 0 fully saturated rings. The van der Waals surface area contributed by atoms with Crippen molar-refractivity contribution < 1.29 is 13.2 Å². The molecule has 9 nitrogen and oxygen atoms in total. The molecule has 0 aliphatic carbocycles. The van der Waals surface area contributed by atoms with Gasteiger partial charge in [-0.2, -0.15) is 18.4 Å². The first-order chi connectivity index (χ1) is 29.0. The van der Waals surface area contributed by atoms with Crippen LogP contribution in [0.1, 0.15) is 34.4 Å². The maximum Gasteiger partial charge on any atom is 0.417 e. The monoisotopic (exact) mass is 791 g/mol. The molecule has 0 aliphatic heterocycles. The maximum absolute atomic E-state index is 15.1. The molecule has 60 heavy (non-hydrogen) atoms. The van der Waals surface area contributed by atoms with Crippen LogP contribution >= 0.6 is 0 Å². The van der Waals surface area contributed by atoms with E-state index in [2.05, 4.69) is 36.0 Å². The second-order valence-corrected chi connectivity index (χ2v) is 14.7. The average Bonchev–Trinajstić information content (AvgIpc) is 3.74. The smallest absolute Gasteiger partial charge is 0.309 e. The molecule has 6 aromatic carbocycles. The van der Waals surface area contributed by atoms with E-state index in [0.29, 0.717) is 57.4 Å². The number of nitrogens with zero attached hydrogens (tertiary/aromatic N) is 9. The van der Waals surface area contributed by atoms with Gasteiger partial charge in [0.05, 0.1) is 44.6 Å². The van der Waals surface area contributed by atoms with Crippen LogP contribution in [0, 0.1) is 39.0 Å². The van der Waals surface area contributed by atoms with E-state index >= 15 is 13.2 Å². The van der Waals surface area contributed by atoms with Crippen molar-refractivity contribution in [3.05, 3.63) is 156 Å². The lowest BCUT2D eigenvalue weighted by atomic mass is 9.95. The summed E-state index contributed by atoms with van der Waals surface area (Å²) >= 11 is 0. The number of nitriles is 1. The molecule has 12 heteroatoms. The molecule has 0 unspecified atom stereocenters. The van der Waals surface area contributed by atoms with E-state index < -0.39 is 11.7 Å². The van der Waals surface area contributed by atoms with Gasteiger partial charge >= 0.3 is 6.18 Å². The van der Waals surface area contributed by atoms with Crippen LogP contribution in [0.15, 0.2) is 121 Å². The molecule has 0 aliphatic rings. The summed E-state index contributed by atoms with van der Waals surface area (Å²) < 4.78 is 49.2. The molecule has 0 saturated heterocycles. The van der Waals surface area contributed by atoms with Crippen molar-refractivity contribution in [2.45, 2.75) is 33.9 Å². The Kier molecular flexibility index (Phi) is 8.33. The summed E-state index contributed by atoms with van der Waals surface area (Å²) in [6.45, 7) is 7.22. The number of benzene rings is 6.